The van der Waals surface area contributed by atoms with Crippen LogP contribution in [0.3, 0.4) is 0 Å². The van der Waals surface area contributed by atoms with Gasteiger partial charge in [0.25, 0.3) is 0 Å². The molecule has 0 aromatic rings. The maximum absolute atomic E-state index is 11.8. The molecule has 19 heavy (non-hydrogen) atoms. The van der Waals surface area contributed by atoms with Crippen molar-refractivity contribution in [3.05, 3.63) is 23.3 Å². The van der Waals surface area contributed by atoms with Gasteiger partial charge in [0.2, 0.25) is 0 Å². The molecular formula is C16H27NO2. The number of amides is 1. The molecule has 0 spiro atoms. The van der Waals surface area contributed by atoms with E-state index in [0.29, 0.717) is 5.92 Å². The Morgan fingerprint density at radius 1 is 1.53 bits per heavy atom. The summed E-state index contributed by atoms with van der Waals surface area (Å²) in [6.07, 6.45) is 6.24. The van der Waals surface area contributed by atoms with Crippen LogP contribution in [0, 0.1) is 5.92 Å². The number of carbonyl (C=O) groups excluding carboxylic acids is 1. The Bertz CT molecular complexity index is 388. The zero-order chi connectivity index (χ0) is 14.6. The predicted octanol–water partition coefficient (Wildman–Crippen LogP) is 4.20. The number of hydrogen-bond donors (Lipinski definition) is 1. The van der Waals surface area contributed by atoms with Crippen LogP contribution in [0.4, 0.5) is 4.79 Å². The van der Waals surface area contributed by atoms with Crippen molar-refractivity contribution in [3.8, 4) is 0 Å². The third-order valence-electron chi connectivity index (χ3n) is 3.15. The third-order valence-corrected chi connectivity index (χ3v) is 3.15. The molecule has 3 heteroatoms. The van der Waals surface area contributed by atoms with Gasteiger partial charge in [0.05, 0.1) is 6.04 Å². The summed E-state index contributed by atoms with van der Waals surface area (Å²) in [6.45, 7) is 12.0. The minimum Gasteiger partial charge on any atom is -0.444 e. The molecule has 0 heterocycles. The van der Waals surface area contributed by atoms with E-state index in [2.05, 4.69) is 31.3 Å². The summed E-state index contributed by atoms with van der Waals surface area (Å²) >= 11 is 0. The second-order valence-electron chi connectivity index (χ2n) is 6.29. The summed E-state index contributed by atoms with van der Waals surface area (Å²) in [4.78, 5) is 11.8. The average Bonchev–Trinajstić information content (AvgIpc) is 2.25. The number of hydrogen-bond acceptors (Lipinski definition) is 2. The van der Waals surface area contributed by atoms with Crippen LogP contribution in [0.1, 0.15) is 54.4 Å². The minimum atomic E-state index is -0.456. The van der Waals surface area contributed by atoms with Crippen LogP contribution in [-0.2, 0) is 4.74 Å². The standard InChI is InChI=1S/C16H27NO2/c1-7-13-10-11(2)8-9-14(13)12(3)17-15(18)19-16(4,5)6/h9-12H,7-8H2,1-6H3,(H,17,18). The van der Waals surface area contributed by atoms with Crippen LogP contribution < -0.4 is 5.32 Å². The molecular weight excluding hydrogens is 238 g/mol. The van der Waals surface area contributed by atoms with E-state index in [9.17, 15) is 4.79 Å². The van der Waals surface area contributed by atoms with Gasteiger partial charge in [-0.05, 0) is 57.6 Å². The first-order chi connectivity index (χ1) is 8.73. The molecule has 2 unspecified atom stereocenters. The lowest BCUT2D eigenvalue weighted by Crippen LogP contribution is -2.39. The molecule has 0 saturated heterocycles. The van der Waals surface area contributed by atoms with E-state index in [4.69, 9.17) is 4.74 Å². The Morgan fingerprint density at radius 2 is 2.16 bits per heavy atom. The molecule has 0 bridgehead atoms. The fraction of sp³-hybridized carbons (Fsp3) is 0.688. The van der Waals surface area contributed by atoms with Gasteiger partial charge < -0.3 is 10.1 Å². The third kappa shape index (κ3) is 5.09. The normalized spacial score (nSPS) is 21.3. The molecule has 0 aromatic heterocycles. The Balaban J connectivity index is 2.66. The number of ether oxygens (including phenoxy) is 1. The smallest absolute Gasteiger partial charge is 0.408 e. The lowest BCUT2D eigenvalue weighted by Gasteiger charge is -2.26. The van der Waals surface area contributed by atoms with E-state index in [-0.39, 0.29) is 12.1 Å². The lowest BCUT2D eigenvalue weighted by atomic mass is 9.87. The summed E-state index contributed by atoms with van der Waals surface area (Å²) in [5.41, 5.74) is 2.11. The topological polar surface area (TPSA) is 38.3 Å². The van der Waals surface area contributed by atoms with Crippen molar-refractivity contribution in [2.75, 3.05) is 0 Å². The molecule has 0 saturated carbocycles. The van der Waals surface area contributed by atoms with Gasteiger partial charge in [-0.3, -0.25) is 0 Å². The molecule has 2 atom stereocenters. The molecule has 3 nitrogen and oxygen atoms in total. The second kappa shape index (κ2) is 6.27. The molecule has 1 aliphatic carbocycles. The highest BCUT2D eigenvalue weighted by Gasteiger charge is 2.21. The van der Waals surface area contributed by atoms with Gasteiger partial charge in [-0.15, -0.1) is 0 Å². The molecule has 1 aliphatic rings. The molecule has 108 valence electrons. The largest absolute Gasteiger partial charge is 0.444 e. The monoisotopic (exact) mass is 265 g/mol. The number of carbonyl (C=O) groups is 1. The second-order valence-corrected chi connectivity index (χ2v) is 6.29. The fourth-order valence-corrected chi connectivity index (χ4v) is 2.29. The highest BCUT2D eigenvalue weighted by Crippen LogP contribution is 2.27. The number of nitrogens with one attached hydrogen (secondary N) is 1. The van der Waals surface area contributed by atoms with Crippen molar-refractivity contribution in [3.63, 3.8) is 0 Å². The van der Waals surface area contributed by atoms with Crippen LogP contribution in [-0.4, -0.2) is 17.7 Å². The van der Waals surface area contributed by atoms with E-state index in [1.54, 1.807) is 0 Å². The van der Waals surface area contributed by atoms with Gasteiger partial charge in [0, 0.05) is 0 Å². The summed E-state index contributed by atoms with van der Waals surface area (Å²) < 4.78 is 5.29. The van der Waals surface area contributed by atoms with Crippen molar-refractivity contribution < 1.29 is 9.53 Å². The molecule has 0 fully saturated rings. The molecule has 1 rings (SSSR count). The van der Waals surface area contributed by atoms with Gasteiger partial charge in [0.15, 0.2) is 0 Å². The molecule has 1 amide bonds. The van der Waals surface area contributed by atoms with E-state index >= 15 is 0 Å². The van der Waals surface area contributed by atoms with E-state index in [1.165, 1.54) is 11.1 Å². The Kier molecular flexibility index (Phi) is 5.21. The van der Waals surface area contributed by atoms with Crippen LogP contribution in [0.25, 0.3) is 0 Å². The SMILES string of the molecule is CCC1=CC(C)CC=C1C(C)NC(=O)OC(C)(C)C. The Labute approximate surface area is 117 Å². The highest BCUT2D eigenvalue weighted by molar-refractivity contribution is 5.69. The highest BCUT2D eigenvalue weighted by atomic mass is 16.6. The summed E-state index contributed by atoms with van der Waals surface area (Å²) in [5, 5.41) is 2.91. The van der Waals surface area contributed by atoms with Crippen molar-refractivity contribution in [1.82, 2.24) is 5.32 Å². The average molecular weight is 265 g/mol. The van der Waals surface area contributed by atoms with Gasteiger partial charge in [-0.2, -0.15) is 0 Å². The first kappa shape index (κ1) is 15.8. The summed E-state index contributed by atoms with van der Waals surface area (Å²) in [5.74, 6) is 0.590. The molecule has 0 radical (unpaired) electrons. The van der Waals surface area contributed by atoms with E-state index < -0.39 is 5.60 Å². The summed E-state index contributed by atoms with van der Waals surface area (Å²) in [6, 6.07) is -0.00597. The van der Waals surface area contributed by atoms with E-state index in [0.717, 1.165) is 12.8 Å². The number of alkyl carbamates (subject to hydrolysis) is 1. The Hall–Kier alpha value is -1.25. The van der Waals surface area contributed by atoms with Crippen molar-refractivity contribution >= 4 is 6.09 Å². The molecule has 0 aliphatic heterocycles. The first-order valence-electron chi connectivity index (χ1n) is 7.13. The van der Waals surface area contributed by atoms with Gasteiger partial charge in [-0.1, -0.05) is 26.0 Å². The summed E-state index contributed by atoms with van der Waals surface area (Å²) in [7, 11) is 0. The Morgan fingerprint density at radius 3 is 2.68 bits per heavy atom. The fourth-order valence-electron chi connectivity index (χ4n) is 2.29. The van der Waals surface area contributed by atoms with Crippen molar-refractivity contribution in [1.29, 1.82) is 0 Å². The molecule has 1 N–H and O–H groups in total. The lowest BCUT2D eigenvalue weighted by molar-refractivity contribution is 0.0516. The maximum atomic E-state index is 11.8. The number of allylic oxidation sites excluding steroid dienone is 2. The van der Waals surface area contributed by atoms with Crippen molar-refractivity contribution in [2.45, 2.75) is 66.0 Å². The minimum absolute atomic E-state index is 0.00597. The zero-order valence-electron chi connectivity index (χ0n) is 13.0. The van der Waals surface area contributed by atoms with Gasteiger partial charge in [-0.25, -0.2) is 4.79 Å². The van der Waals surface area contributed by atoms with Crippen LogP contribution in [0.5, 0.6) is 0 Å². The molecule has 0 aromatic carbocycles. The number of rotatable bonds is 3. The maximum Gasteiger partial charge on any atom is 0.408 e. The zero-order valence-corrected chi connectivity index (χ0v) is 13.0. The first-order valence-corrected chi connectivity index (χ1v) is 7.13. The van der Waals surface area contributed by atoms with Crippen LogP contribution >= 0.6 is 0 Å². The predicted molar refractivity (Wildman–Crippen MR) is 79.1 cm³/mol. The quantitative estimate of drug-likeness (QED) is 0.830. The van der Waals surface area contributed by atoms with Gasteiger partial charge in [0.1, 0.15) is 5.60 Å². The van der Waals surface area contributed by atoms with Crippen molar-refractivity contribution in [2.24, 2.45) is 5.92 Å². The van der Waals surface area contributed by atoms with E-state index in [1.807, 2.05) is 27.7 Å². The van der Waals surface area contributed by atoms with Crippen LogP contribution in [0.15, 0.2) is 23.3 Å². The van der Waals surface area contributed by atoms with Crippen LogP contribution in [0.2, 0.25) is 0 Å². The van der Waals surface area contributed by atoms with Gasteiger partial charge >= 0.3 is 6.09 Å².